The Morgan fingerprint density at radius 1 is 1.05 bits per heavy atom. The Balaban J connectivity index is 1.50. The molecule has 0 aromatic heterocycles. The molecular formula is C27H30N2O10S. The molecule has 0 bridgehead atoms. The van der Waals surface area contributed by atoms with Crippen LogP contribution in [0.1, 0.15) is 31.0 Å². The summed E-state index contributed by atoms with van der Waals surface area (Å²) in [6, 6.07) is 15.0. The molecule has 0 N–H and O–H groups in total. The van der Waals surface area contributed by atoms with Crippen molar-refractivity contribution in [1.29, 1.82) is 0 Å². The molecule has 12 nitrogen and oxygen atoms in total. The van der Waals surface area contributed by atoms with Gasteiger partial charge in [-0.1, -0.05) is 60.7 Å². The topological polar surface area (TPSA) is 138 Å². The van der Waals surface area contributed by atoms with Crippen molar-refractivity contribution >= 4 is 28.1 Å². The van der Waals surface area contributed by atoms with Crippen molar-refractivity contribution < 1.29 is 45.9 Å². The number of hydrogen-bond donors (Lipinski definition) is 0. The second-order valence-electron chi connectivity index (χ2n) is 9.84. The van der Waals surface area contributed by atoms with Gasteiger partial charge in [0.05, 0.1) is 24.9 Å². The molecule has 0 radical (unpaired) electrons. The molecular weight excluding hydrogens is 544 g/mol. The smallest absolute Gasteiger partial charge is 0.411 e. The molecule has 2 amide bonds. The molecule has 3 heterocycles. The highest BCUT2D eigenvalue weighted by atomic mass is 32.2. The molecule has 40 heavy (non-hydrogen) atoms. The van der Waals surface area contributed by atoms with E-state index in [2.05, 4.69) is 0 Å². The molecule has 0 spiro atoms. The second kappa shape index (κ2) is 10.8. The van der Waals surface area contributed by atoms with Gasteiger partial charge in [-0.2, -0.15) is 8.42 Å². The van der Waals surface area contributed by atoms with Gasteiger partial charge in [-0.25, -0.2) is 9.59 Å². The van der Waals surface area contributed by atoms with E-state index in [0.29, 0.717) is 5.56 Å². The van der Waals surface area contributed by atoms with E-state index in [1.165, 1.54) is 4.90 Å². The molecule has 6 atom stereocenters. The Labute approximate surface area is 231 Å². The van der Waals surface area contributed by atoms with Gasteiger partial charge in [0, 0.05) is 0 Å². The number of rotatable bonds is 9. The summed E-state index contributed by atoms with van der Waals surface area (Å²) in [5.74, 6) is -1.56. The molecule has 2 aromatic rings. The number of ether oxygens (including phenoxy) is 4. The minimum atomic E-state index is -3.96. The third kappa shape index (κ3) is 5.05. The molecule has 13 heteroatoms. The zero-order valence-corrected chi connectivity index (χ0v) is 23.0. The summed E-state index contributed by atoms with van der Waals surface area (Å²) >= 11 is 0. The average Bonchev–Trinajstić information content (AvgIpc) is 3.44. The monoisotopic (exact) mass is 574 g/mol. The van der Waals surface area contributed by atoms with Crippen LogP contribution in [0.5, 0.6) is 0 Å². The van der Waals surface area contributed by atoms with Crippen LogP contribution in [0.2, 0.25) is 0 Å². The number of cyclic esters (lactones) is 1. The first-order valence-electron chi connectivity index (χ1n) is 12.7. The van der Waals surface area contributed by atoms with E-state index in [-0.39, 0.29) is 13.2 Å². The fraction of sp³-hybridized carbons (Fsp3) is 0.444. The standard InChI is InChI=1S/C27H30N2O10S/c1-17-27(39-18(2)38-17,25(31)35-14-19-10-6-4-7-11-19)29-22(16-37-40(3,33)34)23(24(29)30)28-21(15-36-26(28)32)20-12-8-5-9-13-20/h4-13,17-18,21-23H,14-16H2,1-3H3/t17?,18?,21-,22-,23+,27?/m1/s1. The first-order chi connectivity index (χ1) is 19.0. The lowest BCUT2D eigenvalue weighted by atomic mass is 9.87. The van der Waals surface area contributed by atoms with Gasteiger partial charge in [-0.3, -0.25) is 18.8 Å². The average molecular weight is 575 g/mol. The lowest BCUT2D eigenvalue weighted by Crippen LogP contribution is -2.81. The second-order valence-corrected chi connectivity index (χ2v) is 11.5. The van der Waals surface area contributed by atoms with Crippen molar-refractivity contribution in [2.45, 2.75) is 56.7 Å². The maximum atomic E-state index is 14.0. The number of amides is 2. The van der Waals surface area contributed by atoms with E-state index in [0.717, 1.165) is 16.7 Å². The van der Waals surface area contributed by atoms with Crippen LogP contribution in [0.3, 0.4) is 0 Å². The van der Waals surface area contributed by atoms with Crippen molar-refractivity contribution in [3.63, 3.8) is 0 Å². The Bertz CT molecular complexity index is 1370. The highest BCUT2D eigenvalue weighted by molar-refractivity contribution is 7.85. The van der Waals surface area contributed by atoms with Crippen LogP contribution < -0.4 is 0 Å². The minimum Gasteiger partial charge on any atom is -0.457 e. The van der Waals surface area contributed by atoms with E-state index >= 15 is 0 Å². The molecule has 3 fully saturated rings. The van der Waals surface area contributed by atoms with Gasteiger partial charge in [-0.05, 0) is 25.0 Å². The van der Waals surface area contributed by atoms with Crippen molar-refractivity contribution in [2.75, 3.05) is 19.5 Å². The molecule has 2 aromatic carbocycles. The summed E-state index contributed by atoms with van der Waals surface area (Å²) in [6.07, 6.45) is -1.77. The van der Waals surface area contributed by atoms with Crippen molar-refractivity contribution in [2.24, 2.45) is 0 Å². The molecule has 0 aliphatic carbocycles. The maximum absolute atomic E-state index is 14.0. The third-order valence-electron chi connectivity index (χ3n) is 7.19. The summed E-state index contributed by atoms with van der Waals surface area (Å²) in [5.41, 5.74) is -0.623. The van der Waals surface area contributed by atoms with Crippen LogP contribution in [0.25, 0.3) is 0 Å². The van der Waals surface area contributed by atoms with Gasteiger partial charge in [0.2, 0.25) is 0 Å². The fourth-order valence-electron chi connectivity index (χ4n) is 5.42. The normalized spacial score (nSPS) is 30.2. The first kappa shape index (κ1) is 28.0. The summed E-state index contributed by atoms with van der Waals surface area (Å²) in [7, 11) is -3.96. The fourth-order valence-corrected chi connectivity index (χ4v) is 5.81. The van der Waals surface area contributed by atoms with Gasteiger partial charge in [-0.15, -0.1) is 0 Å². The number of carbonyl (C=O) groups excluding carboxylic acids is 3. The third-order valence-corrected chi connectivity index (χ3v) is 7.75. The Morgan fingerprint density at radius 3 is 2.30 bits per heavy atom. The summed E-state index contributed by atoms with van der Waals surface area (Å²) in [5, 5.41) is 0. The molecule has 3 unspecified atom stereocenters. The zero-order valence-electron chi connectivity index (χ0n) is 22.2. The number of carbonyl (C=O) groups is 3. The number of benzene rings is 2. The highest BCUT2D eigenvalue weighted by Gasteiger charge is 2.70. The number of hydrogen-bond acceptors (Lipinski definition) is 10. The summed E-state index contributed by atoms with van der Waals surface area (Å²) < 4.78 is 51.7. The summed E-state index contributed by atoms with van der Waals surface area (Å²) in [6.45, 7) is 2.47. The van der Waals surface area contributed by atoms with Gasteiger partial charge in [0.15, 0.2) is 6.29 Å². The first-order valence-corrected chi connectivity index (χ1v) is 14.6. The van der Waals surface area contributed by atoms with Crippen LogP contribution in [0, 0.1) is 0 Å². The number of likely N-dealkylation sites (tertiary alicyclic amines) is 1. The SMILES string of the molecule is CC1OC(C)C(C(=O)OCc2ccccc2)(N2C(=O)[C@@H](N3C(=O)OC[C@@H]3c3ccccc3)[C@H]2COS(C)(=O)=O)O1. The van der Waals surface area contributed by atoms with Crippen molar-refractivity contribution in [1.82, 2.24) is 9.80 Å². The van der Waals surface area contributed by atoms with Gasteiger partial charge >= 0.3 is 12.1 Å². The molecule has 0 saturated carbocycles. The Kier molecular flexibility index (Phi) is 7.57. The maximum Gasteiger partial charge on any atom is 0.411 e. The quantitative estimate of drug-likeness (QED) is 0.248. The molecule has 214 valence electrons. The zero-order chi connectivity index (χ0) is 28.7. The van der Waals surface area contributed by atoms with Gasteiger partial charge in [0.1, 0.15) is 25.4 Å². The Morgan fingerprint density at radius 2 is 1.70 bits per heavy atom. The number of β-lactam (4-membered cyclic amide) rings is 1. The van der Waals surface area contributed by atoms with E-state index in [4.69, 9.17) is 23.1 Å². The largest absolute Gasteiger partial charge is 0.457 e. The van der Waals surface area contributed by atoms with Crippen LogP contribution in [0.15, 0.2) is 60.7 Å². The molecule has 5 rings (SSSR count). The van der Waals surface area contributed by atoms with E-state index in [9.17, 15) is 22.8 Å². The van der Waals surface area contributed by atoms with Gasteiger partial charge < -0.3 is 18.9 Å². The Hall–Kier alpha value is -3.52. The van der Waals surface area contributed by atoms with Crippen LogP contribution in [-0.4, -0.2) is 85.9 Å². The highest BCUT2D eigenvalue weighted by Crippen LogP contribution is 2.45. The lowest BCUT2D eigenvalue weighted by Gasteiger charge is -2.55. The van der Waals surface area contributed by atoms with E-state index < -0.39 is 70.9 Å². The molecule has 3 saturated heterocycles. The van der Waals surface area contributed by atoms with Crippen LogP contribution in [0.4, 0.5) is 4.79 Å². The van der Waals surface area contributed by atoms with E-state index in [1.54, 1.807) is 62.4 Å². The summed E-state index contributed by atoms with van der Waals surface area (Å²) in [4.78, 5) is 42.9. The van der Waals surface area contributed by atoms with E-state index in [1.807, 2.05) is 12.1 Å². The lowest BCUT2D eigenvalue weighted by molar-refractivity contribution is -0.232. The van der Waals surface area contributed by atoms with Crippen LogP contribution >= 0.6 is 0 Å². The minimum absolute atomic E-state index is 0.0103. The van der Waals surface area contributed by atoms with Crippen molar-refractivity contribution in [3.05, 3.63) is 71.8 Å². The number of nitrogens with zero attached hydrogens (tertiary/aromatic N) is 2. The predicted octanol–water partition coefficient (Wildman–Crippen LogP) is 1.96. The van der Waals surface area contributed by atoms with Gasteiger partial charge in [0.25, 0.3) is 21.8 Å². The number of esters is 1. The molecule has 3 aliphatic rings. The molecule has 3 aliphatic heterocycles. The van der Waals surface area contributed by atoms with Crippen molar-refractivity contribution in [3.8, 4) is 0 Å². The van der Waals surface area contributed by atoms with Crippen LogP contribution in [-0.2, 0) is 49.4 Å². The predicted molar refractivity (Wildman–Crippen MR) is 138 cm³/mol.